The van der Waals surface area contributed by atoms with E-state index in [-0.39, 0.29) is 18.2 Å². The molecule has 0 bridgehead atoms. The number of fused-ring (bicyclic) bond motifs is 1. The molecule has 134 valence electrons. The van der Waals surface area contributed by atoms with Crippen molar-refractivity contribution >= 4 is 38.4 Å². The van der Waals surface area contributed by atoms with Gasteiger partial charge in [-0.05, 0) is 30.2 Å². The van der Waals surface area contributed by atoms with E-state index < -0.39 is 0 Å². The number of azo groups is 1. The van der Waals surface area contributed by atoms with E-state index in [1.54, 1.807) is 0 Å². The Kier molecular flexibility index (Phi) is 5.83. The highest BCUT2D eigenvalue weighted by molar-refractivity contribution is 9.10. The first-order valence-corrected chi connectivity index (χ1v) is 9.38. The van der Waals surface area contributed by atoms with E-state index >= 15 is 0 Å². The van der Waals surface area contributed by atoms with Crippen molar-refractivity contribution in [2.45, 2.75) is 32.7 Å². The van der Waals surface area contributed by atoms with Crippen LogP contribution in [0.4, 0.5) is 5.69 Å². The average Bonchev–Trinajstić information content (AvgIpc) is 2.89. The molecule has 1 N–H and O–H groups in total. The van der Waals surface area contributed by atoms with Crippen LogP contribution in [0.15, 0.2) is 63.2 Å². The average molecular weight is 414 g/mol. The minimum Gasteiger partial charge on any atom is -0.493 e. The summed E-state index contributed by atoms with van der Waals surface area (Å²) >= 11 is 3.45. The molecule has 0 aliphatic carbocycles. The number of hydrogen-bond acceptors (Lipinski definition) is 3. The summed E-state index contributed by atoms with van der Waals surface area (Å²) in [6, 6.07) is 15.1. The van der Waals surface area contributed by atoms with Gasteiger partial charge in [-0.25, -0.2) is 0 Å². The van der Waals surface area contributed by atoms with Crippen molar-refractivity contribution in [1.29, 1.82) is 0 Å². The largest absolute Gasteiger partial charge is 0.493 e. The normalized spacial score (nSPS) is 11.5. The summed E-state index contributed by atoms with van der Waals surface area (Å²) in [6.45, 7) is 2.79. The van der Waals surface area contributed by atoms with Crippen LogP contribution in [0.2, 0.25) is 0 Å². The number of aromatic nitrogens is 1. The van der Waals surface area contributed by atoms with Crippen molar-refractivity contribution in [2.75, 3.05) is 0 Å². The van der Waals surface area contributed by atoms with Gasteiger partial charge >= 0.3 is 0 Å². The monoisotopic (exact) mass is 413 g/mol. The lowest BCUT2D eigenvalue weighted by atomic mass is 10.1. The summed E-state index contributed by atoms with van der Waals surface area (Å²) in [7, 11) is 0. The molecule has 6 heteroatoms. The third kappa shape index (κ3) is 4.02. The summed E-state index contributed by atoms with van der Waals surface area (Å²) in [4.78, 5) is 12.1. The van der Waals surface area contributed by atoms with Crippen molar-refractivity contribution < 1.29 is 9.90 Å². The smallest absolute Gasteiger partial charge is 0.269 e. The lowest BCUT2D eigenvalue weighted by Crippen LogP contribution is -1.97. The van der Waals surface area contributed by atoms with Crippen LogP contribution in [0.1, 0.15) is 25.3 Å². The molecule has 3 aromatic rings. The van der Waals surface area contributed by atoms with Gasteiger partial charge in [-0.2, -0.15) is 0 Å². The van der Waals surface area contributed by atoms with Gasteiger partial charge < -0.3 is 9.67 Å². The minimum atomic E-state index is -0.347. The molecule has 0 radical (unpaired) electrons. The highest BCUT2D eigenvalue weighted by atomic mass is 79.9. The molecule has 0 unspecified atom stereocenters. The standard InChI is InChI=1S/C20H20BrN3O2/c1-2-3-11-24-17-10-9-15(21)13-16(17)19(20(24)26)23-22-18(25)12-14-7-5-4-6-8-14/h4-10,13,26H,2-3,11-12H2,1H3. The maximum atomic E-state index is 12.1. The third-order valence-corrected chi connectivity index (χ3v) is 4.66. The zero-order valence-corrected chi connectivity index (χ0v) is 16.1. The zero-order valence-electron chi connectivity index (χ0n) is 14.5. The second-order valence-electron chi connectivity index (χ2n) is 6.09. The van der Waals surface area contributed by atoms with Gasteiger partial charge in [0.15, 0.2) is 5.69 Å². The molecule has 0 aliphatic heterocycles. The van der Waals surface area contributed by atoms with E-state index in [2.05, 4.69) is 33.1 Å². The van der Waals surface area contributed by atoms with Crippen molar-refractivity contribution in [1.82, 2.24) is 4.57 Å². The number of benzene rings is 2. The Bertz CT molecular complexity index is 949. The molecule has 2 aromatic carbocycles. The maximum Gasteiger partial charge on any atom is 0.269 e. The molecule has 0 saturated heterocycles. The fourth-order valence-electron chi connectivity index (χ4n) is 2.85. The molecule has 5 nitrogen and oxygen atoms in total. The Balaban J connectivity index is 1.92. The molecule has 3 rings (SSSR count). The number of carbonyl (C=O) groups is 1. The number of aryl methyl sites for hydroxylation is 1. The Labute approximate surface area is 160 Å². The van der Waals surface area contributed by atoms with Crippen LogP contribution in [0.5, 0.6) is 5.88 Å². The second kappa shape index (κ2) is 8.27. The van der Waals surface area contributed by atoms with Crippen LogP contribution in [0.3, 0.4) is 0 Å². The number of amides is 1. The molecule has 0 atom stereocenters. The Morgan fingerprint density at radius 1 is 1.19 bits per heavy atom. The molecule has 1 heterocycles. The van der Waals surface area contributed by atoms with Crippen LogP contribution in [-0.4, -0.2) is 15.6 Å². The van der Waals surface area contributed by atoms with Crippen molar-refractivity contribution in [3.05, 3.63) is 58.6 Å². The molecular formula is C20H20BrN3O2. The Morgan fingerprint density at radius 3 is 2.69 bits per heavy atom. The number of aromatic hydroxyl groups is 1. The van der Waals surface area contributed by atoms with E-state index in [0.717, 1.165) is 33.8 Å². The van der Waals surface area contributed by atoms with E-state index in [0.29, 0.717) is 12.2 Å². The first-order chi connectivity index (χ1) is 12.6. The molecule has 0 fully saturated rings. The fraction of sp³-hybridized carbons (Fsp3) is 0.250. The van der Waals surface area contributed by atoms with E-state index in [1.165, 1.54) is 0 Å². The van der Waals surface area contributed by atoms with Gasteiger partial charge in [0.25, 0.3) is 5.91 Å². The van der Waals surface area contributed by atoms with Gasteiger partial charge in [-0.15, -0.1) is 10.2 Å². The van der Waals surface area contributed by atoms with E-state index in [4.69, 9.17) is 0 Å². The van der Waals surface area contributed by atoms with Crippen molar-refractivity contribution in [2.24, 2.45) is 10.2 Å². The summed E-state index contributed by atoms with van der Waals surface area (Å²) in [5.41, 5.74) is 2.09. The number of nitrogens with zero attached hydrogens (tertiary/aromatic N) is 3. The van der Waals surface area contributed by atoms with Crippen LogP contribution in [-0.2, 0) is 17.8 Å². The Hall–Kier alpha value is -2.47. The van der Waals surface area contributed by atoms with Gasteiger partial charge in [0.1, 0.15) is 0 Å². The molecule has 0 spiro atoms. The highest BCUT2D eigenvalue weighted by Gasteiger charge is 2.17. The molecule has 26 heavy (non-hydrogen) atoms. The van der Waals surface area contributed by atoms with Crippen LogP contribution in [0.25, 0.3) is 10.9 Å². The third-order valence-electron chi connectivity index (χ3n) is 4.17. The lowest BCUT2D eigenvalue weighted by Gasteiger charge is -2.05. The van der Waals surface area contributed by atoms with Crippen LogP contribution < -0.4 is 0 Å². The van der Waals surface area contributed by atoms with Gasteiger partial charge in [0, 0.05) is 16.4 Å². The SMILES string of the molecule is CCCCn1c(O)c(N=NC(=O)Cc2ccccc2)c2cc(Br)ccc21. The summed E-state index contributed by atoms with van der Waals surface area (Å²) in [6.07, 6.45) is 2.14. The topological polar surface area (TPSA) is 66.9 Å². The number of halogens is 1. The molecule has 1 aromatic heterocycles. The predicted molar refractivity (Wildman–Crippen MR) is 106 cm³/mol. The lowest BCUT2D eigenvalue weighted by molar-refractivity contribution is -0.117. The summed E-state index contributed by atoms with van der Waals surface area (Å²) < 4.78 is 2.70. The summed E-state index contributed by atoms with van der Waals surface area (Å²) in [5.74, 6) is -0.303. The van der Waals surface area contributed by atoms with Crippen molar-refractivity contribution in [3.8, 4) is 5.88 Å². The quantitative estimate of drug-likeness (QED) is 0.521. The minimum absolute atomic E-state index is 0.0443. The first-order valence-electron chi connectivity index (χ1n) is 8.59. The van der Waals surface area contributed by atoms with Gasteiger partial charge in [-0.3, -0.25) is 4.79 Å². The predicted octanol–water partition coefficient (Wildman–Crippen LogP) is 5.76. The van der Waals surface area contributed by atoms with Crippen molar-refractivity contribution in [3.63, 3.8) is 0 Å². The second-order valence-corrected chi connectivity index (χ2v) is 7.01. The van der Waals surface area contributed by atoms with Gasteiger partial charge in [0.2, 0.25) is 5.88 Å². The maximum absolute atomic E-state index is 12.1. The molecule has 1 amide bonds. The van der Waals surface area contributed by atoms with Crippen LogP contribution in [0, 0.1) is 0 Å². The number of hydrogen-bond donors (Lipinski definition) is 1. The number of carbonyl (C=O) groups excluding carboxylic acids is 1. The molecule has 0 aliphatic rings. The summed E-state index contributed by atoms with van der Waals surface area (Å²) in [5, 5.41) is 19.3. The van der Waals surface area contributed by atoms with E-state index in [9.17, 15) is 9.90 Å². The first kappa shape index (κ1) is 18.3. The Morgan fingerprint density at radius 2 is 1.96 bits per heavy atom. The van der Waals surface area contributed by atoms with Crippen LogP contribution >= 0.6 is 15.9 Å². The van der Waals surface area contributed by atoms with Gasteiger partial charge in [0.05, 0.1) is 11.9 Å². The fourth-order valence-corrected chi connectivity index (χ4v) is 3.21. The highest BCUT2D eigenvalue weighted by Crippen LogP contribution is 2.40. The molecule has 0 saturated carbocycles. The number of unbranched alkanes of at least 4 members (excludes halogenated alkanes) is 1. The zero-order chi connectivity index (χ0) is 18.5. The number of rotatable bonds is 6. The molecular weight excluding hydrogens is 394 g/mol. The van der Waals surface area contributed by atoms with E-state index in [1.807, 2.05) is 53.1 Å². The van der Waals surface area contributed by atoms with Gasteiger partial charge in [-0.1, -0.05) is 59.6 Å².